The van der Waals surface area contributed by atoms with Gasteiger partial charge in [0.05, 0.1) is 0 Å². The highest BCUT2D eigenvalue weighted by molar-refractivity contribution is 5.92. The highest BCUT2D eigenvalue weighted by Crippen LogP contribution is 2.36. The van der Waals surface area contributed by atoms with E-state index in [-0.39, 0.29) is 58.5 Å². The molecule has 0 radical (unpaired) electrons. The first-order valence-electron chi connectivity index (χ1n) is 17.2. The van der Waals surface area contributed by atoms with E-state index in [1.807, 2.05) is 13.8 Å². The van der Waals surface area contributed by atoms with Gasteiger partial charge < -0.3 is 28.4 Å². The average molecular weight is 759 g/mol. The van der Waals surface area contributed by atoms with E-state index >= 15 is 0 Å². The smallest absolute Gasteiger partial charge is 0.338 e. The third-order valence-electron chi connectivity index (χ3n) is 7.14. The third kappa shape index (κ3) is 13.2. The lowest BCUT2D eigenvalue weighted by Crippen LogP contribution is -2.12. The molecule has 0 bridgehead atoms. The van der Waals surface area contributed by atoms with Crippen molar-refractivity contribution in [2.24, 2.45) is 0 Å². The Morgan fingerprint density at radius 3 is 1.02 bits per heavy atom. The van der Waals surface area contributed by atoms with Gasteiger partial charge in [-0.3, -0.25) is 0 Å². The molecule has 0 aliphatic carbocycles. The summed E-state index contributed by atoms with van der Waals surface area (Å²) >= 11 is 0. The first-order chi connectivity index (χ1) is 26.3. The molecule has 0 heterocycles. The van der Waals surface area contributed by atoms with E-state index in [2.05, 4.69) is 39.5 Å². The van der Waals surface area contributed by atoms with Crippen LogP contribution < -0.4 is 28.4 Å². The van der Waals surface area contributed by atoms with Gasteiger partial charge in [-0.2, -0.15) is 0 Å². The summed E-state index contributed by atoms with van der Waals surface area (Å²) in [7, 11) is 0. The number of hydrogen-bond acceptors (Lipinski definition) is 10. The number of esters is 4. The molecule has 0 atom stereocenters. The second kappa shape index (κ2) is 19.9. The molecule has 10 heteroatoms. The summed E-state index contributed by atoms with van der Waals surface area (Å²) in [5.41, 5.74) is 4.70. The minimum absolute atomic E-state index is 0.0130. The summed E-state index contributed by atoms with van der Waals surface area (Å²) in [4.78, 5) is 49.4. The fourth-order valence-corrected chi connectivity index (χ4v) is 4.21. The van der Waals surface area contributed by atoms with Crippen LogP contribution in [0.25, 0.3) is 24.3 Å². The predicted octanol–water partition coefficient (Wildman–Crippen LogP) is 9.86. The number of ether oxygens (including phenoxy) is 6. The van der Waals surface area contributed by atoms with Crippen molar-refractivity contribution < 1.29 is 47.6 Å². The Bertz CT molecular complexity index is 2040. The molecule has 0 fully saturated rings. The van der Waals surface area contributed by atoms with E-state index in [1.54, 1.807) is 60.7 Å². The zero-order valence-electron chi connectivity index (χ0n) is 32.7. The second-order valence-corrected chi connectivity index (χ2v) is 13.2. The lowest BCUT2D eigenvalue weighted by atomic mass is 10.0. The third-order valence-corrected chi connectivity index (χ3v) is 7.14. The van der Waals surface area contributed by atoms with Crippen molar-refractivity contribution in [3.8, 4) is 34.5 Å². The molecular weight excluding hydrogens is 712 g/mol. The zero-order valence-corrected chi connectivity index (χ0v) is 32.7. The lowest BCUT2D eigenvalue weighted by Gasteiger charge is -2.16. The fourth-order valence-electron chi connectivity index (χ4n) is 4.21. The lowest BCUT2D eigenvalue weighted by molar-refractivity contribution is -0.132. The van der Waals surface area contributed by atoms with Crippen LogP contribution in [0.15, 0.2) is 121 Å². The van der Waals surface area contributed by atoms with Crippen LogP contribution in [0.3, 0.4) is 0 Å². The summed E-state index contributed by atoms with van der Waals surface area (Å²) in [6.07, 6.45) is 7.11. The van der Waals surface area contributed by atoms with Crippen molar-refractivity contribution in [2.45, 2.75) is 41.5 Å². The van der Waals surface area contributed by atoms with Gasteiger partial charge in [-0.15, -0.1) is 0 Å². The van der Waals surface area contributed by atoms with Gasteiger partial charge in [0, 0.05) is 33.4 Å². The molecule has 0 amide bonds. The first kappa shape index (κ1) is 43.5. The first-order valence-corrected chi connectivity index (χ1v) is 17.2. The average Bonchev–Trinajstić information content (AvgIpc) is 3.12. The molecule has 0 aromatic heterocycles. The van der Waals surface area contributed by atoms with Crippen LogP contribution in [0.5, 0.6) is 34.5 Å². The molecule has 3 aromatic carbocycles. The largest absolute Gasteiger partial charge is 0.489 e. The van der Waals surface area contributed by atoms with E-state index in [9.17, 15) is 19.2 Å². The molecule has 3 aromatic rings. The Labute approximate surface area is 328 Å². The van der Waals surface area contributed by atoms with Gasteiger partial charge >= 0.3 is 23.9 Å². The maximum absolute atomic E-state index is 12.4. The van der Waals surface area contributed by atoms with Gasteiger partial charge in [-0.1, -0.05) is 75.9 Å². The minimum Gasteiger partial charge on any atom is -0.489 e. The number of benzene rings is 3. The molecular formula is C46H46O10. The quantitative estimate of drug-likeness (QED) is 0.0407. The van der Waals surface area contributed by atoms with Gasteiger partial charge in [0.1, 0.15) is 24.7 Å². The summed E-state index contributed by atoms with van der Waals surface area (Å²) in [6.45, 7) is 32.5. The summed E-state index contributed by atoms with van der Waals surface area (Å²) < 4.78 is 34.1. The Balaban J connectivity index is 2.13. The highest BCUT2D eigenvalue weighted by atomic mass is 16.6. The van der Waals surface area contributed by atoms with Crippen molar-refractivity contribution in [1.29, 1.82) is 0 Å². The van der Waals surface area contributed by atoms with Crippen LogP contribution in [0.2, 0.25) is 0 Å². The van der Waals surface area contributed by atoms with E-state index in [4.69, 9.17) is 28.4 Å². The number of carbonyl (C=O) groups is 4. The Morgan fingerprint density at radius 1 is 0.429 bits per heavy atom. The normalized spacial score (nSPS) is 10.7. The van der Waals surface area contributed by atoms with Crippen molar-refractivity contribution in [3.63, 3.8) is 0 Å². The fraction of sp³-hybridized carbons (Fsp3) is 0.174. The number of rotatable bonds is 18. The van der Waals surface area contributed by atoms with E-state index in [0.29, 0.717) is 33.8 Å². The second-order valence-electron chi connectivity index (χ2n) is 13.2. The van der Waals surface area contributed by atoms with Crippen LogP contribution in [-0.2, 0) is 19.2 Å². The van der Waals surface area contributed by atoms with E-state index in [0.717, 1.165) is 11.1 Å². The van der Waals surface area contributed by atoms with Crippen LogP contribution >= 0.6 is 0 Å². The summed E-state index contributed by atoms with van der Waals surface area (Å²) in [5, 5.41) is 0. The van der Waals surface area contributed by atoms with Gasteiger partial charge in [-0.05, 0) is 100 Å². The maximum Gasteiger partial charge on any atom is 0.338 e. The summed E-state index contributed by atoms with van der Waals surface area (Å²) in [6, 6.07) is 13.1. The minimum atomic E-state index is -0.691. The Morgan fingerprint density at radius 2 is 0.732 bits per heavy atom. The maximum atomic E-state index is 12.4. The molecule has 290 valence electrons. The molecule has 0 aliphatic rings. The molecule has 56 heavy (non-hydrogen) atoms. The Kier molecular flexibility index (Phi) is 15.5. The van der Waals surface area contributed by atoms with Crippen LogP contribution in [0.1, 0.15) is 63.8 Å². The van der Waals surface area contributed by atoms with E-state index < -0.39 is 23.9 Å². The van der Waals surface area contributed by atoms with Gasteiger partial charge in [-0.25, -0.2) is 19.2 Å². The molecule has 0 unspecified atom stereocenters. The van der Waals surface area contributed by atoms with Crippen LogP contribution in [0, 0.1) is 0 Å². The Hall–Kier alpha value is -6.94. The SMILES string of the molecule is C=C(C)COc1cc(/C=C/c2ccc(OC(=O)C(=C)C)c(OC(=O)C(=C)C)c2)c(OCC(=C)C)cc1/C=C/c1ccc(OC(=O)C(=C)C)c(OC(=O)C(=C)C)c1. The van der Waals surface area contributed by atoms with Crippen molar-refractivity contribution >= 4 is 48.2 Å². The van der Waals surface area contributed by atoms with Crippen LogP contribution in [0.4, 0.5) is 0 Å². The number of hydrogen-bond donors (Lipinski definition) is 0. The van der Waals surface area contributed by atoms with E-state index in [1.165, 1.54) is 39.8 Å². The standard InChI is InChI=1S/C46H46O10/c1-27(2)25-51-39-23-36(18-14-34-16-20-38(54-44(48)30(7)8)42(22-34)56-46(50)32(11)12)40(52-26-28(3)4)24-35(39)17-13-33-15-19-37(53-43(47)29(5)6)41(21-33)55-45(49)31(9)10/h13-24H,1,3,5,7,9,11,25-26H2,2,4,6,8,10,12H3/b17-13+,18-14+. The van der Waals surface area contributed by atoms with Crippen molar-refractivity contribution in [2.75, 3.05) is 13.2 Å². The molecule has 0 spiro atoms. The van der Waals surface area contributed by atoms with Gasteiger partial charge in [0.2, 0.25) is 0 Å². The highest BCUT2D eigenvalue weighted by Gasteiger charge is 2.18. The summed E-state index contributed by atoms with van der Waals surface area (Å²) in [5.74, 6) is -1.66. The predicted molar refractivity (Wildman–Crippen MR) is 220 cm³/mol. The van der Waals surface area contributed by atoms with Crippen LogP contribution in [-0.4, -0.2) is 37.1 Å². The topological polar surface area (TPSA) is 124 Å². The van der Waals surface area contributed by atoms with Gasteiger partial charge in [0.15, 0.2) is 23.0 Å². The number of carbonyl (C=O) groups excluding carboxylic acids is 4. The molecule has 3 rings (SSSR count). The molecule has 0 aliphatic heterocycles. The van der Waals surface area contributed by atoms with Crippen molar-refractivity contribution in [3.05, 3.63) is 144 Å². The molecule has 10 nitrogen and oxygen atoms in total. The molecule has 0 N–H and O–H groups in total. The van der Waals surface area contributed by atoms with Gasteiger partial charge in [0.25, 0.3) is 0 Å². The monoisotopic (exact) mass is 758 g/mol. The molecule has 0 saturated carbocycles. The van der Waals surface area contributed by atoms with Crippen molar-refractivity contribution in [1.82, 2.24) is 0 Å². The molecule has 0 saturated heterocycles. The zero-order chi connectivity index (χ0) is 41.7.